The molecule has 0 saturated carbocycles. The highest BCUT2D eigenvalue weighted by Gasteiger charge is 2.28. The van der Waals surface area contributed by atoms with Crippen LogP contribution in [-0.4, -0.2) is 64.0 Å². The van der Waals surface area contributed by atoms with Crippen molar-refractivity contribution in [1.29, 1.82) is 0 Å². The summed E-state index contributed by atoms with van der Waals surface area (Å²) in [6.07, 6.45) is 0.641. The van der Waals surface area contributed by atoms with Crippen molar-refractivity contribution >= 4 is 10.0 Å². The molecule has 0 atom stereocenters. The van der Waals surface area contributed by atoms with E-state index in [4.69, 9.17) is 9.47 Å². The summed E-state index contributed by atoms with van der Waals surface area (Å²) in [5.41, 5.74) is 0.987. The van der Waals surface area contributed by atoms with Crippen molar-refractivity contribution in [3.05, 3.63) is 17.7 Å². The van der Waals surface area contributed by atoms with Gasteiger partial charge in [-0.25, -0.2) is 8.42 Å². The van der Waals surface area contributed by atoms with E-state index in [1.165, 1.54) is 19.1 Å². The maximum atomic E-state index is 12.1. The number of quaternary nitrogens is 1. The molecule has 2 N–H and O–H groups in total. The molecule has 1 aliphatic rings. The van der Waals surface area contributed by atoms with E-state index in [2.05, 4.69) is 0 Å². The van der Waals surface area contributed by atoms with Gasteiger partial charge in [0.1, 0.15) is 6.54 Å². The fourth-order valence-electron chi connectivity index (χ4n) is 2.98. The number of sulfonamides is 1. The Morgan fingerprint density at radius 1 is 1.17 bits per heavy atom. The van der Waals surface area contributed by atoms with Crippen LogP contribution in [0, 0.1) is 0 Å². The van der Waals surface area contributed by atoms with E-state index in [0.717, 1.165) is 25.2 Å². The van der Waals surface area contributed by atoms with Crippen LogP contribution in [-0.2, 0) is 16.6 Å². The summed E-state index contributed by atoms with van der Waals surface area (Å²) in [6.45, 7) is 5.22. The first-order valence-electron chi connectivity index (χ1n) is 8.16. The summed E-state index contributed by atoms with van der Waals surface area (Å²) in [6, 6.07) is 3.59. The molecule has 0 aromatic heterocycles. The van der Waals surface area contributed by atoms with Crippen molar-refractivity contribution in [1.82, 2.24) is 4.31 Å². The van der Waals surface area contributed by atoms with Gasteiger partial charge >= 0.3 is 0 Å². The van der Waals surface area contributed by atoms with Gasteiger partial charge in [-0.05, 0) is 18.6 Å². The van der Waals surface area contributed by atoms with Crippen LogP contribution >= 0.6 is 0 Å². The fourth-order valence-corrected chi connectivity index (χ4v) is 4.50. The lowest BCUT2D eigenvalue weighted by Gasteiger charge is -2.31. The average molecular weight is 359 g/mol. The van der Waals surface area contributed by atoms with Crippen LogP contribution in [0.5, 0.6) is 17.2 Å². The van der Waals surface area contributed by atoms with Crippen LogP contribution in [0.1, 0.15) is 18.9 Å². The first-order valence-corrected chi connectivity index (χ1v) is 9.77. The van der Waals surface area contributed by atoms with Gasteiger partial charge in [0, 0.05) is 5.56 Å². The molecule has 1 aromatic carbocycles. The zero-order valence-electron chi connectivity index (χ0n) is 14.5. The molecule has 1 aromatic rings. The van der Waals surface area contributed by atoms with E-state index in [0.29, 0.717) is 31.0 Å². The Morgan fingerprint density at radius 2 is 1.71 bits per heavy atom. The first kappa shape index (κ1) is 18.8. The van der Waals surface area contributed by atoms with E-state index in [9.17, 15) is 13.5 Å². The molecule has 1 fully saturated rings. The smallest absolute Gasteiger partial charge is 0.214 e. The third-order valence-electron chi connectivity index (χ3n) is 4.28. The molecular formula is C16H27N2O5S+. The van der Waals surface area contributed by atoms with E-state index >= 15 is 0 Å². The van der Waals surface area contributed by atoms with Gasteiger partial charge in [-0.1, -0.05) is 6.92 Å². The van der Waals surface area contributed by atoms with Crippen LogP contribution in [0.4, 0.5) is 0 Å². The van der Waals surface area contributed by atoms with Crippen molar-refractivity contribution in [2.24, 2.45) is 0 Å². The van der Waals surface area contributed by atoms with Crippen molar-refractivity contribution in [2.45, 2.75) is 19.9 Å². The van der Waals surface area contributed by atoms with Crippen LogP contribution in [0.15, 0.2) is 12.1 Å². The van der Waals surface area contributed by atoms with Crippen molar-refractivity contribution in [3.63, 3.8) is 0 Å². The minimum absolute atomic E-state index is 0.00534. The monoisotopic (exact) mass is 359 g/mol. The maximum absolute atomic E-state index is 12.1. The van der Waals surface area contributed by atoms with Gasteiger partial charge < -0.3 is 19.5 Å². The Hall–Kier alpha value is -1.51. The molecule has 0 spiro atoms. The third kappa shape index (κ3) is 4.31. The number of nitrogens with one attached hydrogen (secondary N) is 1. The largest absolute Gasteiger partial charge is 0.502 e. The van der Waals surface area contributed by atoms with Crippen molar-refractivity contribution in [3.8, 4) is 17.2 Å². The van der Waals surface area contributed by atoms with Gasteiger partial charge in [0.25, 0.3) is 0 Å². The number of hydrogen-bond donors (Lipinski definition) is 2. The molecule has 0 amide bonds. The number of phenols is 1. The lowest BCUT2D eigenvalue weighted by molar-refractivity contribution is -0.917. The molecule has 0 radical (unpaired) electrons. The van der Waals surface area contributed by atoms with Crippen LogP contribution in [0.2, 0.25) is 0 Å². The normalized spacial score (nSPS) is 17.0. The summed E-state index contributed by atoms with van der Waals surface area (Å²) >= 11 is 0. The van der Waals surface area contributed by atoms with E-state index in [-0.39, 0.29) is 11.5 Å². The molecule has 136 valence electrons. The maximum Gasteiger partial charge on any atom is 0.214 e. The number of benzene rings is 1. The molecule has 0 bridgehead atoms. The number of hydrogen-bond acceptors (Lipinski definition) is 5. The molecule has 0 aliphatic carbocycles. The number of nitrogens with zero attached hydrogens (tertiary/aromatic N) is 1. The van der Waals surface area contributed by atoms with E-state index < -0.39 is 10.0 Å². The third-order valence-corrected chi connectivity index (χ3v) is 6.35. The second kappa shape index (κ2) is 8.04. The van der Waals surface area contributed by atoms with Gasteiger partial charge in [0.15, 0.2) is 11.5 Å². The van der Waals surface area contributed by atoms with Crippen LogP contribution in [0.25, 0.3) is 0 Å². The second-order valence-electron chi connectivity index (χ2n) is 5.99. The highest BCUT2D eigenvalue weighted by molar-refractivity contribution is 7.89. The van der Waals surface area contributed by atoms with Crippen LogP contribution in [0.3, 0.4) is 0 Å². The molecule has 7 nitrogen and oxygen atoms in total. The number of aromatic hydroxyl groups is 1. The van der Waals surface area contributed by atoms with Gasteiger partial charge in [-0.2, -0.15) is 4.31 Å². The Morgan fingerprint density at radius 3 is 2.17 bits per heavy atom. The van der Waals surface area contributed by atoms with E-state index in [1.54, 1.807) is 16.4 Å². The SMILES string of the molecule is CCCS(=O)(=O)N1CC[NH+](Cc2cc(OC)c(O)c(OC)c2)CC1. The minimum atomic E-state index is -3.11. The summed E-state index contributed by atoms with van der Waals surface area (Å²) < 4.78 is 36.2. The van der Waals surface area contributed by atoms with Gasteiger partial charge in [0.2, 0.25) is 15.8 Å². The number of ether oxygens (including phenoxy) is 2. The number of rotatable bonds is 7. The summed E-state index contributed by atoms with van der Waals surface area (Å²) in [5.74, 6) is 0.976. The number of methoxy groups -OCH3 is 2. The topological polar surface area (TPSA) is 80.5 Å². The molecule has 1 saturated heterocycles. The fraction of sp³-hybridized carbons (Fsp3) is 0.625. The first-order chi connectivity index (χ1) is 11.4. The Kier molecular flexibility index (Phi) is 6.31. The summed E-state index contributed by atoms with van der Waals surface area (Å²) in [7, 11) is -0.105. The van der Waals surface area contributed by atoms with Crippen molar-refractivity contribution < 1.29 is 27.9 Å². The van der Waals surface area contributed by atoms with Gasteiger partial charge in [-0.15, -0.1) is 0 Å². The zero-order valence-corrected chi connectivity index (χ0v) is 15.4. The highest BCUT2D eigenvalue weighted by Crippen LogP contribution is 2.36. The molecule has 0 unspecified atom stereocenters. The summed E-state index contributed by atoms with van der Waals surface area (Å²) in [5, 5.41) is 9.96. The van der Waals surface area contributed by atoms with Crippen molar-refractivity contribution in [2.75, 3.05) is 46.2 Å². The quantitative estimate of drug-likeness (QED) is 0.708. The van der Waals surface area contributed by atoms with Crippen LogP contribution < -0.4 is 14.4 Å². The molecule has 2 rings (SSSR count). The standard InChI is InChI=1S/C16H26N2O5S/c1-4-9-24(20,21)18-7-5-17(6-8-18)12-13-10-14(22-2)16(19)15(11-13)23-3/h10-11,19H,4-9,12H2,1-3H3/p+1. The number of piperazine rings is 1. The predicted molar refractivity (Wildman–Crippen MR) is 91.3 cm³/mol. The lowest BCUT2D eigenvalue weighted by Crippen LogP contribution is -3.13. The molecule has 8 heteroatoms. The Labute approximate surface area is 143 Å². The van der Waals surface area contributed by atoms with Gasteiger partial charge in [-0.3, -0.25) is 0 Å². The second-order valence-corrected chi connectivity index (χ2v) is 8.08. The van der Waals surface area contributed by atoms with E-state index in [1.807, 2.05) is 6.92 Å². The minimum Gasteiger partial charge on any atom is -0.502 e. The lowest BCUT2D eigenvalue weighted by atomic mass is 10.1. The summed E-state index contributed by atoms with van der Waals surface area (Å²) in [4.78, 5) is 1.30. The zero-order chi connectivity index (χ0) is 17.7. The molecule has 24 heavy (non-hydrogen) atoms. The average Bonchev–Trinajstić information content (AvgIpc) is 2.56. The van der Waals surface area contributed by atoms with Gasteiger partial charge in [0.05, 0.1) is 46.2 Å². The predicted octanol–water partition coefficient (Wildman–Crippen LogP) is -0.150. The Bertz CT molecular complexity index is 629. The highest BCUT2D eigenvalue weighted by atomic mass is 32.2. The molecule has 1 aliphatic heterocycles. The Balaban J connectivity index is 2.02. The molecule has 1 heterocycles. The molecular weight excluding hydrogens is 332 g/mol. The number of phenolic OH excluding ortho intramolecular Hbond substituents is 1.